The van der Waals surface area contributed by atoms with Gasteiger partial charge in [0.2, 0.25) is 0 Å². The van der Waals surface area contributed by atoms with Gasteiger partial charge in [-0.3, -0.25) is 9.48 Å². The number of aromatic nitrogens is 2. The van der Waals surface area contributed by atoms with Crippen molar-refractivity contribution in [3.63, 3.8) is 0 Å². The van der Waals surface area contributed by atoms with Crippen LogP contribution in [0, 0.1) is 25.7 Å². The van der Waals surface area contributed by atoms with Crippen LogP contribution in [0.4, 0.5) is 5.82 Å². The largest absolute Gasteiger partial charge is 0.320 e. The average Bonchev–Trinajstić information content (AvgIpc) is 2.75. The van der Waals surface area contributed by atoms with Crippen LogP contribution in [0.2, 0.25) is 0 Å². The Morgan fingerprint density at radius 1 is 1.43 bits per heavy atom. The summed E-state index contributed by atoms with van der Waals surface area (Å²) in [5.41, 5.74) is 8.49. The Hall–Kier alpha value is -2.58. The lowest BCUT2D eigenvalue weighted by molar-refractivity contribution is 0.102. The van der Waals surface area contributed by atoms with Crippen LogP contribution < -0.4 is 11.1 Å². The van der Waals surface area contributed by atoms with Crippen LogP contribution in [0.25, 0.3) is 0 Å². The highest BCUT2D eigenvalue weighted by Gasteiger charge is 2.13. The fourth-order valence-corrected chi connectivity index (χ4v) is 2.07. The minimum atomic E-state index is -0.174. The Labute approximate surface area is 124 Å². The monoisotopic (exact) mass is 282 g/mol. The maximum absolute atomic E-state index is 12.4. The number of hydrogen-bond acceptors (Lipinski definition) is 3. The maximum atomic E-state index is 12.4. The van der Waals surface area contributed by atoms with E-state index in [1.807, 2.05) is 32.0 Å². The number of nitrogens with two attached hydrogens (primary N) is 1. The van der Waals surface area contributed by atoms with Gasteiger partial charge in [0.15, 0.2) is 0 Å². The van der Waals surface area contributed by atoms with E-state index in [2.05, 4.69) is 22.3 Å². The van der Waals surface area contributed by atoms with Crippen LogP contribution >= 0.6 is 0 Å². The summed E-state index contributed by atoms with van der Waals surface area (Å²) in [6.07, 6.45) is 0. The predicted molar refractivity (Wildman–Crippen MR) is 83.0 cm³/mol. The molecule has 5 heteroatoms. The quantitative estimate of drug-likeness (QED) is 0.822. The van der Waals surface area contributed by atoms with Crippen molar-refractivity contribution >= 4 is 11.7 Å². The molecule has 3 N–H and O–H groups in total. The lowest BCUT2D eigenvalue weighted by atomic mass is 10.0. The Kier molecular flexibility index (Phi) is 4.41. The van der Waals surface area contributed by atoms with Crippen molar-refractivity contribution in [2.75, 3.05) is 11.9 Å². The van der Waals surface area contributed by atoms with Crippen LogP contribution in [-0.2, 0) is 7.05 Å². The van der Waals surface area contributed by atoms with Gasteiger partial charge in [-0.2, -0.15) is 5.10 Å². The van der Waals surface area contributed by atoms with Gasteiger partial charge in [0.25, 0.3) is 5.91 Å². The van der Waals surface area contributed by atoms with Crippen molar-refractivity contribution in [2.45, 2.75) is 13.8 Å². The van der Waals surface area contributed by atoms with Gasteiger partial charge in [0, 0.05) is 24.2 Å². The molecule has 0 aliphatic rings. The third-order valence-electron chi connectivity index (χ3n) is 3.15. The summed E-state index contributed by atoms with van der Waals surface area (Å²) in [6.45, 7) is 4.05. The minimum Gasteiger partial charge on any atom is -0.320 e. The van der Waals surface area contributed by atoms with Gasteiger partial charge in [-0.25, -0.2) is 0 Å². The Bertz CT molecular complexity index is 734. The van der Waals surface area contributed by atoms with Crippen LogP contribution in [0.3, 0.4) is 0 Å². The van der Waals surface area contributed by atoms with Gasteiger partial charge >= 0.3 is 0 Å². The molecule has 2 aromatic rings. The molecule has 1 amide bonds. The van der Waals surface area contributed by atoms with E-state index in [0.29, 0.717) is 17.9 Å². The number of carbonyl (C=O) groups excluding carboxylic acids is 1. The number of carbonyl (C=O) groups is 1. The summed E-state index contributed by atoms with van der Waals surface area (Å²) in [7, 11) is 1.79. The third kappa shape index (κ3) is 3.30. The fourth-order valence-electron chi connectivity index (χ4n) is 2.07. The van der Waals surface area contributed by atoms with Gasteiger partial charge < -0.3 is 11.1 Å². The smallest absolute Gasteiger partial charge is 0.257 e. The van der Waals surface area contributed by atoms with E-state index in [9.17, 15) is 4.79 Å². The molecule has 0 aliphatic carbocycles. The van der Waals surface area contributed by atoms with Gasteiger partial charge in [0.1, 0.15) is 5.82 Å². The molecular formula is C16H18N4O. The van der Waals surface area contributed by atoms with Gasteiger partial charge in [-0.1, -0.05) is 17.9 Å². The number of nitrogens with one attached hydrogen (secondary N) is 1. The first-order valence-electron chi connectivity index (χ1n) is 6.63. The van der Waals surface area contributed by atoms with Crippen molar-refractivity contribution in [3.05, 3.63) is 46.6 Å². The molecule has 0 atom stereocenters. The summed E-state index contributed by atoms with van der Waals surface area (Å²) in [5, 5.41) is 7.06. The van der Waals surface area contributed by atoms with Crippen LogP contribution in [-0.4, -0.2) is 22.2 Å². The van der Waals surface area contributed by atoms with Crippen LogP contribution in [0.15, 0.2) is 24.3 Å². The Morgan fingerprint density at radius 3 is 2.81 bits per heavy atom. The van der Waals surface area contributed by atoms with E-state index in [0.717, 1.165) is 16.8 Å². The zero-order valence-corrected chi connectivity index (χ0v) is 12.4. The van der Waals surface area contributed by atoms with Crippen LogP contribution in [0.5, 0.6) is 0 Å². The van der Waals surface area contributed by atoms with E-state index in [1.54, 1.807) is 17.8 Å². The second-order valence-corrected chi connectivity index (χ2v) is 4.73. The Morgan fingerprint density at radius 2 is 2.19 bits per heavy atom. The molecule has 0 unspecified atom stereocenters. The summed E-state index contributed by atoms with van der Waals surface area (Å²) in [6, 6.07) is 7.30. The predicted octanol–water partition coefficient (Wildman–Crippen LogP) is 1.60. The maximum Gasteiger partial charge on any atom is 0.257 e. The molecule has 21 heavy (non-hydrogen) atoms. The minimum absolute atomic E-state index is 0.174. The second-order valence-electron chi connectivity index (χ2n) is 4.73. The van der Waals surface area contributed by atoms with Crippen molar-refractivity contribution in [2.24, 2.45) is 12.8 Å². The number of anilines is 1. The molecule has 0 saturated heterocycles. The molecule has 5 nitrogen and oxygen atoms in total. The normalized spacial score (nSPS) is 9.90. The first-order valence-corrected chi connectivity index (χ1v) is 6.63. The van der Waals surface area contributed by atoms with Crippen LogP contribution in [0.1, 0.15) is 27.2 Å². The lowest BCUT2D eigenvalue weighted by Gasteiger charge is -2.09. The molecule has 1 heterocycles. The molecular weight excluding hydrogens is 264 g/mol. The van der Waals surface area contributed by atoms with Crippen molar-refractivity contribution < 1.29 is 4.79 Å². The van der Waals surface area contributed by atoms with E-state index in [4.69, 9.17) is 5.73 Å². The molecule has 0 saturated carbocycles. The highest BCUT2D eigenvalue weighted by Crippen LogP contribution is 2.16. The average molecular weight is 282 g/mol. The zero-order valence-electron chi connectivity index (χ0n) is 12.4. The number of amides is 1. The second kappa shape index (κ2) is 6.25. The number of aryl methyl sites for hydroxylation is 2. The molecule has 0 spiro atoms. The summed E-state index contributed by atoms with van der Waals surface area (Å²) >= 11 is 0. The molecule has 0 bridgehead atoms. The fraction of sp³-hybridized carbons (Fsp3) is 0.250. The number of rotatable bonds is 2. The molecule has 1 aromatic carbocycles. The SMILES string of the molecule is Cc1cc(NC(=O)c2cccc(C#CCN)c2C)n(C)n1. The molecule has 0 radical (unpaired) electrons. The van der Waals surface area contributed by atoms with Gasteiger partial charge in [-0.15, -0.1) is 0 Å². The highest BCUT2D eigenvalue weighted by molar-refractivity contribution is 6.05. The third-order valence-corrected chi connectivity index (χ3v) is 3.15. The van der Waals surface area contributed by atoms with E-state index in [-0.39, 0.29) is 5.91 Å². The van der Waals surface area contributed by atoms with Crippen molar-refractivity contribution in [1.29, 1.82) is 0 Å². The topological polar surface area (TPSA) is 72.9 Å². The van der Waals surface area contributed by atoms with Gasteiger partial charge in [-0.05, 0) is 31.5 Å². The van der Waals surface area contributed by atoms with E-state index in [1.165, 1.54) is 0 Å². The highest BCUT2D eigenvalue weighted by atomic mass is 16.1. The molecule has 108 valence electrons. The lowest BCUT2D eigenvalue weighted by Crippen LogP contribution is -2.16. The molecule has 2 rings (SSSR count). The first kappa shape index (κ1) is 14.8. The summed E-state index contributed by atoms with van der Waals surface area (Å²) < 4.78 is 1.64. The van der Waals surface area contributed by atoms with E-state index < -0.39 is 0 Å². The molecule has 0 aliphatic heterocycles. The standard InChI is InChI=1S/C16H18N4O/c1-11-10-15(20(3)19-11)18-16(21)14-8-4-6-13(12(14)2)7-5-9-17/h4,6,8,10H,9,17H2,1-3H3,(H,18,21). The number of benzene rings is 1. The molecule has 1 aromatic heterocycles. The summed E-state index contributed by atoms with van der Waals surface area (Å²) in [4.78, 5) is 12.4. The summed E-state index contributed by atoms with van der Waals surface area (Å²) in [5.74, 6) is 6.27. The van der Waals surface area contributed by atoms with Gasteiger partial charge in [0.05, 0.1) is 12.2 Å². The Balaban J connectivity index is 2.29. The molecule has 0 fully saturated rings. The number of nitrogens with zero attached hydrogens (tertiary/aromatic N) is 2. The number of hydrogen-bond donors (Lipinski definition) is 2. The van der Waals surface area contributed by atoms with Crippen molar-refractivity contribution in [1.82, 2.24) is 9.78 Å². The van der Waals surface area contributed by atoms with Crippen molar-refractivity contribution in [3.8, 4) is 11.8 Å². The zero-order chi connectivity index (χ0) is 15.4. The van der Waals surface area contributed by atoms with E-state index >= 15 is 0 Å². The first-order chi connectivity index (χ1) is 10.0.